The van der Waals surface area contributed by atoms with Crippen molar-refractivity contribution < 1.29 is 0 Å². The van der Waals surface area contributed by atoms with Gasteiger partial charge in [-0.25, -0.2) is 0 Å². The first-order valence-electron chi connectivity index (χ1n) is 8.77. The molecular formula is C17H32N2. The Morgan fingerprint density at radius 1 is 0.947 bits per heavy atom. The second-order valence-corrected chi connectivity index (χ2v) is 7.51. The third kappa shape index (κ3) is 3.33. The van der Waals surface area contributed by atoms with E-state index in [1.807, 2.05) is 0 Å². The van der Waals surface area contributed by atoms with E-state index in [1.54, 1.807) is 0 Å². The smallest absolute Gasteiger partial charge is 0.0309 e. The van der Waals surface area contributed by atoms with Gasteiger partial charge in [-0.15, -0.1) is 0 Å². The number of rotatable bonds is 1. The maximum absolute atomic E-state index is 3.89. The van der Waals surface area contributed by atoms with Crippen molar-refractivity contribution in [1.82, 2.24) is 10.2 Å². The molecule has 19 heavy (non-hydrogen) atoms. The minimum Gasteiger partial charge on any atom is -0.309 e. The zero-order valence-electron chi connectivity index (χ0n) is 12.8. The third-order valence-electron chi connectivity index (χ3n) is 5.96. The van der Waals surface area contributed by atoms with Gasteiger partial charge in [0.25, 0.3) is 0 Å². The minimum atomic E-state index is 0.494. The topological polar surface area (TPSA) is 15.3 Å². The molecule has 2 unspecified atom stereocenters. The Kier molecular flexibility index (Phi) is 4.48. The molecule has 0 bridgehead atoms. The maximum Gasteiger partial charge on any atom is 0.0309 e. The molecule has 3 aliphatic rings. The van der Waals surface area contributed by atoms with Crippen molar-refractivity contribution in [3.05, 3.63) is 0 Å². The van der Waals surface area contributed by atoms with E-state index in [4.69, 9.17) is 0 Å². The number of nitrogens with one attached hydrogen (secondary N) is 1. The lowest BCUT2D eigenvalue weighted by Gasteiger charge is -2.48. The second kappa shape index (κ2) is 6.13. The molecule has 3 fully saturated rings. The van der Waals surface area contributed by atoms with E-state index in [1.165, 1.54) is 83.8 Å². The zero-order valence-corrected chi connectivity index (χ0v) is 12.8. The lowest BCUT2D eigenvalue weighted by molar-refractivity contribution is 0.0619. The molecule has 1 heterocycles. The van der Waals surface area contributed by atoms with Gasteiger partial charge in [0.15, 0.2) is 0 Å². The fourth-order valence-electron chi connectivity index (χ4n) is 4.70. The van der Waals surface area contributed by atoms with E-state index in [0.717, 1.165) is 12.0 Å². The standard InChI is InChI=1S/C17H32N2/c1-15-6-5-7-16(9-8-15)19-13-12-18-17(14-19)10-3-2-4-11-17/h15-16,18H,2-14H2,1H3. The van der Waals surface area contributed by atoms with Gasteiger partial charge in [-0.05, 0) is 38.0 Å². The third-order valence-corrected chi connectivity index (χ3v) is 5.96. The SMILES string of the molecule is CC1CCCC(N2CCNC3(CCCCC3)C2)CC1. The van der Waals surface area contributed by atoms with E-state index in [-0.39, 0.29) is 0 Å². The summed E-state index contributed by atoms with van der Waals surface area (Å²) in [7, 11) is 0. The van der Waals surface area contributed by atoms with Gasteiger partial charge in [-0.2, -0.15) is 0 Å². The van der Waals surface area contributed by atoms with Crippen molar-refractivity contribution in [2.75, 3.05) is 19.6 Å². The predicted octanol–water partition coefficient (Wildman–Crippen LogP) is 3.56. The van der Waals surface area contributed by atoms with E-state index in [0.29, 0.717) is 5.54 Å². The molecule has 0 radical (unpaired) electrons. The average Bonchev–Trinajstić information content (AvgIpc) is 2.65. The van der Waals surface area contributed by atoms with Crippen molar-refractivity contribution >= 4 is 0 Å². The molecule has 0 amide bonds. The molecule has 110 valence electrons. The first-order chi connectivity index (χ1) is 9.27. The first kappa shape index (κ1) is 13.9. The number of hydrogen-bond acceptors (Lipinski definition) is 2. The molecule has 1 spiro atoms. The summed E-state index contributed by atoms with van der Waals surface area (Å²) in [5, 5.41) is 3.89. The number of piperazine rings is 1. The van der Waals surface area contributed by atoms with Gasteiger partial charge in [0.05, 0.1) is 0 Å². The van der Waals surface area contributed by atoms with Crippen LogP contribution >= 0.6 is 0 Å². The minimum absolute atomic E-state index is 0.494. The van der Waals surface area contributed by atoms with E-state index >= 15 is 0 Å². The molecule has 0 aromatic carbocycles. The fraction of sp³-hybridized carbons (Fsp3) is 1.00. The number of hydrogen-bond donors (Lipinski definition) is 1. The van der Waals surface area contributed by atoms with Crippen molar-refractivity contribution in [2.45, 2.75) is 82.7 Å². The van der Waals surface area contributed by atoms with Gasteiger partial charge in [0.2, 0.25) is 0 Å². The van der Waals surface area contributed by atoms with Crippen LogP contribution in [0.25, 0.3) is 0 Å². The van der Waals surface area contributed by atoms with Gasteiger partial charge in [-0.3, -0.25) is 4.90 Å². The summed E-state index contributed by atoms with van der Waals surface area (Å²) in [5.74, 6) is 0.969. The van der Waals surface area contributed by atoms with Gasteiger partial charge < -0.3 is 5.32 Å². The van der Waals surface area contributed by atoms with Crippen LogP contribution in [0, 0.1) is 5.92 Å². The summed E-state index contributed by atoms with van der Waals surface area (Å²) in [6.07, 6.45) is 14.5. The van der Waals surface area contributed by atoms with Crippen LogP contribution < -0.4 is 5.32 Å². The van der Waals surface area contributed by atoms with Crippen LogP contribution in [0.5, 0.6) is 0 Å². The summed E-state index contributed by atoms with van der Waals surface area (Å²) in [5.41, 5.74) is 0.494. The highest BCUT2D eigenvalue weighted by atomic mass is 15.2. The molecule has 3 rings (SSSR count). The van der Waals surface area contributed by atoms with Gasteiger partial charge >= 0.3 is 0 Å². The largest absolute Gasteiger partial charge is 0.309 e. The maximum atomic E-state index is 3.89. The molecule has 1 aliphatic heterocycles. The van der Waals surface area contributed by atoms with Gasteiger partial charge in [0.1, 0.15) is 0 Å². The van der Waals surface area contributed by atoms with Crippen molar-refractivity contribution in [1.29, 1.82) is 0 Å². The summed E-state index contributed by atoms with van der Waals surface area (Å²) in [6.45, 7) is 6.31. The van der Waals surface area contributed by atoms with Crippen LogP contribution in [0.3, 0.4) is 0 Å². The molecule has 2 saturated carbocycles. The van der Waals surface area contributed by atoms with Crippen molar-refractivity contribution in [3.8, 4) is 0 Å². The fourth-order valence-corrected chi connectivity index (χ4v) is 4.70. The number of nitrogens with zero attached hydrogens (tertiary/aromatic N) is 1. The van der Waals surface area contributed by atoms with Crippen LogP contribution in [0.1, 0.15) is 71.1 Å². The highest BCUT2D eigenvalue weighted by Crippen LogP contribution is 2.33. The van der Waals surface area contributed by atoms with Gasteiger partial charge in [-0.1, -0.05) is 39.0 Å². The van der Waals surface area contributed by atoms with Crippen LogP contribution in [0.4, 0.5) is 0 Å². The van der Waals surface area contributed by atoms with Gasteiger partial charge in [0, 0.05) is 31.2 Å². The Labute approximate surface area is 119 Å². The average molecular weight is 264 g/mol. The van der Waals surface area contributed by atoms with Crippen LogP contribution in [-0.2, 0) is 0 Å². The molecule has 2 heteroatoms. The molecule has 1 N–H and O–H groups in total. The molecular weight excluding hydrogens is 232 g/mol. The lowest BCUT2D eigenvalue weighted by atomic mass is 9.79. The quantitative estimate of drug-likeness (QED) is 0.729. The zero-order chi connectivity index (χ0) is 13.1. The molecule has 0 aromatic rings. The van der Waals surface area contributed by atoms with E-state index in [2.05, 4.69) is 17.1 Å². The summed E-state index contributed by atoms with van der Waals surface area (Å²) >= 11 is 0. The highest BCUT2D eigenvalue weighted by Gasteiger charge is 2.38. The Morgan fingerprint density at radius 2 is 1.79 bits per heavy atom. The van der Waals surface area contributed by atoms with Crippen LogP contribution in [-0.4, -0.2) is 36.1 Å². The predicted molar refractivity (Wildman–Crippen MR) is 81.4 cm³/mol. The highest BCUT2D eigenvalue weighted by molar-refractivity contribution is 4.98. The molecule has 2 atom stereocenters. The Bertz CT molecular complexity index is 277. The molecule has 2 aliphatic carbocycles. The molecule has 1 saturated heterocycles. The summed E-state index contributed by atoms with van der Waals surface area (Å²) in [6, 6.07) is 0.894. The molecule has 2 nitrogen and oxygen atoms in total. The normalized spacial score (nSPS) is 37.1. The molecule has 0 aromatic heterocycles. The first-order valence-corrected chi connectivity index (χ1v) is 8.77. The van der Waals surface area contributed by atoms with Crippen molar-refractivity contribution in [2.24, 2.45) is 5.92 Å². The van der Waals surface area contributed by atoms with E-state index in [9.17, 15) is 0 Å². The Balaban J connectivity index is 1.60. The van der Waals surface area contributed by atoms with E-state index < -0.39 is 0 Å². The van der Waals surface area contributed by atoms with Crippen LogP contribution in [0.15, 0.2) is 0 Å². The second-order valence-electron chi connectivity index (χ2n) is 7.51. The Hall–Kier alpha value is -0.0800. The van der Waals surface area contributed by atoms with Crippen molar-refractivity contribution in [3.63, 3.8) is 0 Å². The Morgan fingerprint density at radius 3 is 2.63 bits per heavy atom. The monoisotopic (exact) mass is 264 g/mol. The lowest BCUT2D eigenvalue weighted by Crippen LogP contribution is -2.62. The summed E-state index contributed by atoms with van der Waals surface area (Å²) in [4.78, 5) is 2.86. The van der Waals surface area contributed by atoms with Crippen LogP contribution in [0.2, 0.25) is 0 Å². The summed E-state index contributed by atoms with van der Waals surface area (Å²) < 4.78 is 0.